The lowest BCUT2D eigenvalue weighted by Gasteiger charge is -2.20. The Morgan fingerprint density at radius 3 is 2.61 bits per heavy atom. The maximum absolute atomic E-state index is 11.8. The molecule has 4 heteroatoms. The zero-order valence-corrected chi connectivity index (χ0v) is 11.3. The van der Waals surface area contributed by atoms with Crippen molar-refractivity contribution in [1.82, 2.24) is 10.2 Å². The van der Waals surface area contributed by atoms with Gasteiger partial charge in [-0.25, -0.2) is 0 Å². The van der Waals surface area contributed by atoms with Gasteiger partial charge in [0.15, 0.2) is 0 Å². The number of likely N-dealkylation sites (N-methyl/N-ethyl adjacent to an activating group) is 1. The number of amides is 1. The molecule has 0 fully saturated rings. The van der Waals surface area contributed by atoms with Crippen LogP contribution in [-0.2, 0) is 4.79 Å². The van der Waals surface area contributed by atoms with Crippen LogP contribution in [0.25, 0.3) is 0 Å². The van der Waals surface area contributed by atoms with Crippen LogP contribution in [0.2, 0.25) is 0 Å². The minimum atomic E-state index is -0.0971. The van der Waals surface area contributed by atoms with Gasteiger partial charge in [0, 0.05) is 0 Å². The third-order valence-corrected chi connectivity index (χ3v) is 3.01. The SMILES string of the molecule is CCN(CC)CC(=O)NC(C)c1cccc(O)c1. The number of hydrogen-bond donors (Lipinski definition) is 2. The number of nitrogens with one attached hydrogen (secondary N) is 1. The number of carbonyl (C=O) groups excluding carboxylic acids is 1. The second-order valence-corrected chi connectivity index (χ2v) is 4.35. The van der Waals surface area contributed by atoms with Crippen LogP contribution in [-0.4, -0.2) is 35.5 Å². The number of carbonyl (C=O) groups is 1. The number of nitrogens with zero attached hydrogens (tertiary/aromatic N) is 1. The largest absolute Gasteiger partial charge is 0.508 e. The fourth-order valence-corrected chi connectivity index (χ4v) is 1.81. The summed E-state index contributed by atoms with van der Waals surface area (Å²) >= 11 is 0. The molecule has 0 spiro atoms. The van der Waals surface area contributed by atoms with Crippen LogP contribution in [0.5, 0.6) is 5.75 Å². The van der Waals surface area contributed by atoms with Gasteiger partial charge in [-0.3, -0.25) is 9.69 Å². The topological polar surface area (TPSA) is 52.6 Å². The molecule has 1 unspecified atom stereocenters. The van der Waals surface area contributed by atoms with Crippen molar-refractivity contribution in [2.45, 2.75) is 26.8 Å². The number of rotatable bonds is 6. The van der Waals surface area contributed by atoms with Crippen molar-refractivity contribution in [2.75, 3.05) is 19.6 Å². The molecule has 18 heavy (non-hydrogen) atoms. The highest BCUT2D eigenvalue weighted by molar-refractivity contribution is 5.78. The highest BCUT2D eigenvalue weighted by Crippen LogP contribution is 2.17. The first kappa shape index (κ1) is 14.5. The molecule has 0 saturated carbocycles. The number of phenolic OH excluding ortho intramolecular Hbond substituents is 1. The van der Waals surface area contributed by atoms with E-state index in [9.17, 15) is 9.90 Å². The van der Waals surface area contributed by atoms with Crippen molar-refractivity contribution in [3.05, 3.63) is 29.8 Å². The molecule has 0 radical (unpaired) electrons. The predicted octanol–water partition coefficient (Wildman–Crippen LogP) is 1.91. The fourth-order valence-electron chi connectivity index (χ4n) is 1.81. The van der Waals surface area contributed by atoms with Gasteiger partial charge in [-0.15, -0.1) is 0 Å². The molecule has 0 aliphatic carbocycles. The Morgan fingerprint density at radius 2 is 2.06 bits per heavy atom. The van der Waals surface area contributed by atoms with Gasteiger partial charge in [0.2, 0.25) is 5.91 Å². The average Bonchev–Trinajstić information content (AvgIpc) is 2.35. The summed E-state index contributed by atoms with van der Waals surface area (Å²) < 4.78 is 0. The second kappa shape index (κ2) is 7.01. The maximum atomic E-state index is 11.8. The molecule has 0 saturated heterocycles. The van der Waals surface area contributed by atoms with E-state index in [1.54, 1.807) is 18.2 Å². The van der Waals surface area contributed by atoms with Gasteiger partial charge in [-0.05, 0) is 37.7 Å². The third kappa shape index (κ3) is 4.37. The summed E-state index contributed by atoms with van der Waals surface area (Å²) in [6.07, 6.45) is 0. The lowest BCUT2D eigenvalue weighted by atomic mass is 10.1. The zero-order valence-electron chi connectivity index (χ0n) is 11.3. The molecule has 0 aromatic heterocycles. The summed E-state index contributed by atoms with van der Waals surface area (Å²) in [6.45, 7) is 8.13. The molecule has 0 bridgehead atoms. The first-order valence-corrected chi connectivity index (χ1v) is 6.37. The highest BCUT2D eigenvalue weighted by atomic mass is 16.3. The van der Waals surface area contributed by atoms with Gasteiger partial charge < -0.3 is 10.4 Å². The van der Waals surface area contributed by atoms with Crippen molar-refractivity contribution >= 4 is 5.91 Å². The van der Waals surface area contributed by atoms with E-state index in [1.165, 1.54) is 0 Å². The van der Waals surface area contributed by atoms with Crippen molar-refractivity contribution in [2.24, 2.45) is 0 Å². The molecule has 1 amide bonds. The van der Waals surface area contributed by atoms with Crippen LogP contribution in [0.4, 0.5) is 0 Å². The van der Waals surface area contributed by atoms with Gasteiger partial charge in [-0.2, -0.15) is 0 Å². The number of aromatic hydroxyl groups is 1. The first-order chi connectivity index (χ1) is 8.56. The molecule has 1 rings (SSSR count). The normalized spacial score (nSPS) is 12.4. The van der Waals surface area contributed by atoms with E-state index in [4.69, 9.17) is 0 Å². The Morgan fingerprint density at radius 1 is 1.39 bits per heavy atom. The Bertz CT molecular complexity index is 389. The summed E-state index contributed by atoms with van der Waals surface area (Å²) in [5.74, 6) is 0.229. The van der Waals surface area contributed by atoms with E-state index in [1.807, 2.05) is 26.8 Å². The van der Waals surface area contributed by atoms with Crippen LogP contribution >= 0.6 is 0 Å². The van der Waals surface area contributed by atoms with Gasteiger partial charge in [0.1, 0.15) is 5.75 Å². The minimum absolute atomic E-state index is 0.00884. The summed E-state index contributed by atoms with van der Waals surface area (Å²) in [5.41, 5.74) is 0.905. The molecule has 1 aromatic carbocycles. The van der Waals surface area contributed by atoms with Gasteiger partial charge in [-0.1, -0.05) is 26.0 Å². The number of phenols is 1. The molecular formula is C14H22N2O2. The van der Waals surface area contributed by atoms with Crippen molar-refractivity contribution < 1.29 is 9.90 Å². The van der Waals surface area contributed by atoms with Gasteiger partial charge in [0.05, 0.1) is 12.6 Å². The second-order valence-electron chi connectivity index (χ2n) is 4.35. The van der Waals surface area contributed by atoms with E-state index < -0.39 is 0 Å². The van der Waals surface area contributed by atoms with Crippen LogP contribution in [0, 0.1) is 0 Å². The van der Waals surface area contributed by atoms with E-state index in [-0.39, 0.29) is 17.7 Å². The molecular weight excluding hydrogens is 228 g/mol. The summed E-state index contributed by atoms with van der Waals surface area (Å²) in [5, 5.41) is 12.3. The summed E-state index contributed by atoms with van der Waals surface area (Å²) in [7, 11) is 0. The maximum Gasteiger partial charge on any atom is 0.234 e. The van der Waals surface area contributed by atoms with Gasteiger partial charge >= 0.3 is 0 Å². The van der Waals surface area contributed by atoms with Crippen LogP contribution in [0.1, 0.15) is 32.4 Å². The smallest absolute Gasteiger partial charge is 0.234 e. The summed E-state index contributed by atoms with van der Waals surface area (Å²) in [4.78, 5) is 13.9. The molecule has 0 aliphatic heterocycles. The Hall–Kier alpha value is -1.55. The standard InChI is InChI=1S/C14H22N2O2/c1-4-16(5-2)10-14(18)15-11(3)12-7-6-8-13(17)9-12/h6-9,11,17H,4-5,10H2,1-3H3,(H,15,18). The van der Waals surface area contributed by atoms with Crippen molar-refractivity contribution in [3.8, 4) is 5.75 Å². The number of hydrogen-bond acceptors (Lipinski definition) is 3. The Kier molecular flexibility index (Phi) is 5.65. The van der Waals surface area contributed by atoms with Crippen LogP contribution < -0.4 is 5.32 Å². The minimum Gasteiger partial charge on any atom is -0.508 e. The monoisotopic (exact) mass is 250 g/mol. The van der Waals surface area contributed by atoms with E-state index in [0.717, 1.165) is 18.7 Å². The molecule has 2 N–H and O–H groups in total. The van der Waals surface area contributed by atoms with Crippen molar-refractivity contribution in [1.29, 1.82) is 0 Å². The number of benzene rings is 1. The van der Waals surface area contributed by atoms with Gasteiger partial charge in [0.25, 0.3) is 0 Å². The third-order valence-electron chi connectivity index (χ3n) is 3.01. The molecule has 4 nitrogen and oxygen atoms in total. The zero-order chi connectivity index (χ0) is 13.5. The molecule has 1 aromatic rings. The Labute approximate surface area is 109 Å². The molecule has 1 atom stereocenters. The van der Waals surface area contributed by atoms with E-state index in [2.05, 4.69) is 10.2 Å². The lowest BCUT2D eigenvalue weighted by Crippen LogP contribution is -2.38. The quantitative estimate of drug-likeness (QED) is 0.811. The van der Waals surface area contributed by atoms with Crippen LogP contribution in [0.15, 0.2) is 24.3 Å². The lowest BCUT2D eigenvalue weighted by molar-refractivity contribution is -0.122. The van der Waals surface area contributed by atoms with Crippen LogP contribution in [0.3, 0.4) is 0 Å². The van der Waals surface area contributed by atoms with Crippen molar-refractivity contribution in [3.63, 3.8) is 0 Å². The fraction of sp³-hybridized carbons (Fsp3) is 0.500. The Balaban J connectivity index is 2.54. The molecule has 0 aliphatic rings. The average molecular weight is 250 g/mol. The predicted molar refractivity (Wildman–Crippen MR) is 72.5 cm³/mol. The van der Waals surface area contributed by atoms with E-state index >= 15 is 0 Å². The summed E-state index contributed by atoms with van der Waals surface area (Å²) in [6, 6.07) is 6.86. The molecule has 0 heterocycles. The highest BCUT2D eigenvalue weighted by Gasteiger charge is 2.12. The first-order valence-electron chi connectivity index (χ1n) is 6.37. The van der Waals surface area contributed by atoms with E-state index in [0.29, 0.717) is 6.54 Å². The molecule has 100 valence electrons.